The molecule has 3 N–H and O–H groups in total. The lowest BCUT2D eigenvalue weighted by atomic mass is 9.89. The monoisotopic (exact) mass is 156 g/mol. The summed E-state index contributed by atoms with van der Waals surface area (Å²) in [5.74, 6) is 0.397. The van der Waals surface area contributed by atoms with Gasteiger partial charge < -0.3 is 11.1 Å². The number of rotatable bonds is 1. The van der Waals surface area contributed by atoms with Crippen molar-refractivity contribution >= 4 is 5.91 Å². The van der Waals surface area contributed by atoms with Gasteiger partial charge in [-0.3, -0.25) is 4.79 Å². The number of nitrogens with one attached hydrogen (secondary N) is 1. The molecule has 1 amide bonds. The molecule has 1 rings (SSSR count). The minimum Gasteiger partial charge on any atom is -0.369 e. The molecule has 0 aromatic rings. The minimum atomic E-state index is -0.138. The highest BCUT2D eigenvalue weighted by molar-refractivity contribution is 5.76. The van der Waals surface area contributed by atoms with E-state index in [-0.39, 0.29) is 11.8 Å². The molecule has 11 heavy (non-hydrogen) atoms. The highest BCUT2D eigenvalue weighted by Crippen LogP contribution is 2.19. The van der Waals surface area contributed by atoms with Crippen molar-refractivity contribution < 1.29 is 4.79 Å². The maximum Gasteiger partial charge on any atom is 0.220 e. The Morgan fingerprint density at radius 1 is 1.45 bits per heavy atom. The molecule has 1 aliphatic heterocycles. The first-order chi connectivity index (χ1) is 5.22. The zero-order chi connectivity index (χ0) is 8.27. The van der Waals surface area contributed by atoms with Crippen LogP contribution < -0.4 is 11.1 Å². The van der Waals surface area contributed by atoms with Crippen LogP contribution in [0.5, 0.6) is 0 Å². The topological polar surface area (TPSA) is 55.1 Å². The van der Waals surface area contributed by atoms with E-state index in [9.17, 15) is 4.79 Å². The van der Waals surface area contributed by atoms with E-state index < -0.39 is 0 Å². The third kappa shape index (κ3) is 2.19. The van der Waals surface area contributed by atoms with Gasteiger partial charge in [0, 0.05) is 5.92 Å². The van der Waals surface area contributed by atoms with Crippen LogP contribution >= 0.6 is 0 Å². The quantitative estimate of drug-likeness (QED) is 0.566. The van der Waals surface area contributed by atoms with Crippen molar-refractivity contribution in [2.24, 2.45) is 17.6 Å². The third-order valence-corrected chi connectivity index (χ3v) is 2.46. The second-order valence-electron chi connectivity index (χ2n) is 3.31. The van der Waals surface area contributed by atoms with Crippen LogP contribution in [0.25, 0.3) is 0 Å². The second kappa shape index (κ2) is 3.72. The predicted octanol–water partition coefficient (Wildman–Crippen LogP) is 0.107. The summed E-state index contributed by atoms with van der Waals surface area (Å²) in [6, 6.07) is 0. The molecule has 0 radical (unpaired) electrons. The summed E-state index contributed by atoms with van der Waals surface area (Å²) in [5.41, 5.74) is 5.26. The molecular weight excluding hydrogens is 140 g/mol. The van der Waals surface area contributed by atoms with E-state index in [0.717, 1.165) is 25.9 Å². The molecule has 0 spiro atoms. The van der Waals surface area contributed by atoms with E-state index in [2.05, 4.69) is 12.2 Å². The van der Waals surface area contributed by atoms with Gasteiger partial charge in [0.25, 0.3) is 0 Å². The fourth-order valence-corrected chi connectivity index (χ4v) is 1.62. The van der Waals surface area contributed by atoms with Crippen molar-refractivity contribution in [3.63, 3.8) is 0 Å². The van der Waals surface area contributed by atoms with Crippen LogP contribution in [0.4, 0.5) is 0 Å². The molecule has 1 heterocycles. The van der Waals surface area contributed by atoms with Crippen molar-refractivity contribution in [2.75, 3.05) is 13.1 Å². The summed E-state index contributed by atoms with van der Waals surface area (Å²) in [5, 5.41) is 3.25. The summed E-state index contributed by atoms with van der Waals surface area (Å²) in [4.78, 5) is 10.9. The highest BCUT2D eigenvalue weighted by atomic mass is 16.1. The van der Waals surface area contributed by atoms with E-state index in [0.29, 0.717) is 5.92 Å². The lowest BCUT2D eigenvalue weighted by molar-refractivity contribution is -0.123. The maximum atomic E-state index is 10.9. The Hall–Kier alpha value is -0.570. The highest BCUT2D eigenvalue weighted by Gasteiger charge is 2.23. The van der Waals surface area contributed by atoms with Gasteiger partial charge >= 0.3 is 0 Å². The number of hydrogen-bond acceptors (Lipinski definition) is 2. The largest absolute Gasteiger partial charge is 0.369 e. The first-order valence-corrected chi connectivity index (χ1v) is 4.22. The lowest BCUT2D eigenvalue weighted by Crippen LogP contribution is -2.28. The van der Waals surface area contributed by atoms with Crippen LogP contribution in [-0.4, -0.2) is 19.0 Å². The molecule has 3 nitrogen and oxygen atoms in total. The smallest absolute Gasteiger partial charge is 0.220 e. The van der Waals surface area contributed by atoms with Crippen LogP contribution in [0.1, 0.15) is 19.8 Å². The van der Waals surface area contributed by atoms with Gasteiger partial charge in [-0.1, -0.05) is 6.92 Å². The average molecular weight is 156 g/mol. The summed E-state index contributed by atoms with van der Waals surface area (Å²) < 4.78 is 0. The zero-order valence-corrected chi connectivity index (χ0v) is 6.97. The molecule has 0 aliphatic carbocycles. The SMILES string of the molecule is CC1CCNCCC1C(N)=O. The van der Waals surface area contributed by atoms with E-state index in [1.807, 2.05) is 0 Å². The summed E-state index contributed by atoms with van der Waals surface area (Å²) >= 11 is 0. The molecule has 3 heteroatoms. The number of primary amides is 1. The third-order valence-electron chi connectivity index (χ3n) is 2.46. The molecule has 2 unspecified atom stereocenters. The van der Waals surface area contributed by atoms with Crippen molar-refractivity contribution in [3.8, 4) is 0 Å². The maximum absolute atomic E-state index is 10.9. The van der Waals surface area contributed by atoms with Crippen molar-refractivity contribution in [3.05, 3.63) is 0 Å². The summed E-state index contributed by atoms with van der Waals surface area (Å²) in [6.45, 7) is 4.05. The van der Waals surface area contributed by atoms with Crippen LogP contribution in [0.2, 0.25) is 0 Å². The Kier molecular flexibility index (Phi) is 2.88. The molecule has 2 atom stereocenters. The molecular formula is C8H16N2O. The number of carbonyl (C=O) groups excluding carboxylic acids is 1. The van der Waals surface area contributed by atoms with Gasteiger partial charge in [-0.2, -0.15) is 0 Å². The molecule has 0 bridgehead atoms. The minimum absolute atomic E-state index is 0.0880. The number of hydrogen-bond donors (Lipinski definition) is 2. The van der Waals surface area contributed by atoms with Gasteiger partial charge in [0.2, 0.25) is 5.91 Å². The predicted molar refractivity (Wildman–Crippen MR) is 44.0 cm³/mol. The Bertz CT molecular complexity index is 147. The normalized spacial score (nSPS) is 32.8. The Morgan fingerprint density at radius 2 is 2.09 bits per heavy atom. The van der Waals surface area contributed by atoms with E-state index in [1.54, 1.807) is 0 Å². The van der Waals surface area contributed by atoms with Crippen molar-refractivity contribution in [2.45, 2.75) is 19.8 Å². The Labute approximate surface area is 67.3 Å². The van der Waals surface area contributed by atoms with Crippen molar-refractivity contribution in [1.82, 2.24) is 5.32 Å². The molecule has 1 saturated heterocycles. The van der Waals surface area contributed by atoms with Crippen molar-refractivity contribution in [1.29, 1.82) is 0 Å². The Balaban J connectivity index is 2.52. The lowest BCUT2D eigenvalue weighted by Gasteiger charge is -2.16. The van der Waals surface area contributed by atoms with E-state index in [4.69, 9.17) is 5.73 Å². The van der Waals surface area contributed by atoms with Crippen LogP contribution in [0, 0.1) is 11.8 Å². The fraction of sp³-hybridized carbons (Fsp3) is 0.875. The van der Waals surface area contributed by atoms with Crippen LogP contribution in [0.3, 0.4) is 0 Å². The van der Waals surface area contributed by atoms with Crippen LogP contribution in [-0.2, 0) is 4.79 Å². The second-order valence-corrected chi connectivity index (χ2v) is 3.31. The van der Waals surface area contributed by atoms with Gasteiger partial charge in [-0.25, -0.2) is 0 Å². The molecule has 0 saturated carbocycles. The van der Waals surface area contributed by atoms with Gasteiger partial charge in [-0.15, -0.1) is 0 Å². The van der Waals surface area contributed by atoms with Gasteiger partial charge in [0.1, 0.15) is 0 Å². The van der Waals surface area contributed by atoms with E-state index in [1.165, 1.54) is 0 Å². The molecule has 64 valence electrons. The standard InChI is InChI=1S/C8H16N2O/c1-6-2-4-10-5-3-7(6)8(9)11/h6-7,10H,2-5H2,1H3,(H2,9,11). The average Bonchev–Trinajstić information content (AvgIpc) is 2.13. The first-order valence-electron chi connectivity index (χ1n) is 4.22. The first kappa shape index (κ1) is 8.53. The molecule has 1 aliphatic rings. The van der Waals surface area contributed by atoms with Gasteiger partial charge in [0.05, 0.1) is 0 Å². The fourth-order valence-electron chi connectivity index (χ4n) is 1.62. The zero-order valence-electron chi connectivity index (χ0n) is 6.97. The summed E-state index contributed by atoms with van der Waals surface area (Å²) in [6.07, 6.45) is 1.96. The Morgan fingerprint density at radius 3 is 2.73 bits per heavy atom. The number of nitrogens with two attached hydrogens (primary N) is 1. The summed E-state index contributed by atoms with van der Waals surface area (Å²) in [7, 11) is 0. The number of amides is 1. The molecule has 0 aromatic carbocycles. The van der Waals surface area contributed by atoms with Gasteiger partial charge in [-0.05, 0) is 31.8 Å². The van der Waals surface area contributed by atoms with E-state index >= 15 is 0 Å². The number of carbonyl (C=O) groups is 1. The molecule has 0 aromatic heterocycles. The van der Waals surface area contributed by atoms with Crippen LogP contribution in [0.15, 0.2) is 0 Å². The molecule has 1 fully saturated rings. The van der Waals surface area contributed by atoms with Gasteiger partial charge in [0.15, 0.2) is 0 Å².